The van der Waals surface area contributed by atoms with Gasteiger partial charge in [0.1, 0.15) is 5.75 Å². The summed E-state index contributed by atoms with van der Waals surface area (Å²) in [6.45, 7) is 8.34. The summed E-state index contributed by atoms with van der Waals surface area (Å²) in [4.78, 5) is 11.2. The molecule has 1 aromatic carbocycles. The standard InChI is InChI=1S/C14H20O3/c1-5-16-14(15)9-17-13-8-12(10(2)3)7-6-11(13)4/h6-8,10H,5,9H2,1-4H3. The quantitative estimate of drug-likeness (QED) is 0.737. The molecule has 17 heavy (non-hydrogen) atoms. The van der Waals surface area contributed by atoms with Crippen LogP contribution in [0.5, 0.6) is 5.75 Å². The van der Waals surface area contributed by atoms with E-state index in [1.807, 2.05) is 19.1 Å². The number of aryl methyl sites for hydroxylation is 1. The van der Waals surface area contributed by atoms with Crippen LogP contribution in [0.15, 0.2) is 18.2 Å². The monoisotopic (exact) mass is 236 g/mol. The highest BCUT2D eigenvalue weighted by atomic mass is 16.6. The number of hydrogen-bond donors (Lipinski definition) is 0. The number of carbonyl (C=O) groups excluding carboxylic acids is 1. The molecule has 1 rings (SSSR count). The molecular formula is C14H20O3. The third-order valence-corrected chi connectivity index (χ3v) is 2.53. The van der Waals surface area contributed by atoms with Gasteiger partial charge in [0.25, 0.3) is 0 Å². The van der Waals surface area contributed by atoms with Crippen molar-refractivity contribution in [2.45, 2.75) is 33.6 Å². The van der Waals surface area contributed by atoms with Gasteiger partial charge in [0.2, 0.25) is 0 Å². The van der Waals surface area contributed by atoms with Crippen LogP contribution in [-0.4, -0.2) is 19.2 Å². The van der Waals surface area contributed by atoms with Crippen molar-refractivity contribution in [2.24, 2.45) is 0 Å². The summed E-state index contributed by atoms with van der Waals surface area (Å²) < 4.78 is 10.3. The Morgan fingerprint density at radius 2 is 2.06 bits per heavy atom. The van der Waals surface area contributed by atoms with Gasteiger partial charge < -0.3 is 9.47 Å². The molecule has 0 aliphatic rings. The van der Waals surface area contributed by atoms with E-state index < -0.39 is 0 Å². The molecule has 0 unspecified atom stereocenters. The van der Waals surface area contributed by atoms with Crippen molar-refractivity contribution >= 4 is 5.97 Å². The zero-order chi connectivity index (χ0) is 12.8. The predicted molar refractivity (Wildman–Crippen MR) is 67.4 cm³/mol. The molecule has 0 saturated carbocycles. The van der Waals surface area contributed by atoms with E-state index in [2.05, 4.69) is 19.9 Å². The molecule has 3 heteroatoms. The molecule has 94 valence electrons. The normalized spacial score (nSPS) is 10.4. The Balaban J connectivity index is 2.69. The van der Waals surface area contributed by atoms with Gasteiger partial charge in [-0.05, 0) is 37.0 Å². The van der Waals surface area contributed by atoms with Gasteiger partial charge in [0, 0.05) is 0 Å². The Bertz CT molecular complexity index is 383. The maximum atomic E-state index is 11.2. The van der Waals surface area contributed by atoms with E-state index in [9.17, 15) is 4.79 Å². The van der Waals surface area contributed by atoms with E-state index >= 15 is 0 Å². The van der Waals surface area contributed by atoms with Crippen LogP contribution < -0.4 is 4.74 Å². The lowest BCUT2D eigenvalue weighted by Gasteiger charge is -2.12. The zero-order valence-electron chi connectivity index (χ0n) is 10.9. The first-order valence-electron chi connectivity index (χ1n) is 5.93. The van der Waals surface area contributed by atoms with Crippen LogP contribution in [-0.2, 0) is 9.53 Å². The summed E-state index contributed by atoms with van der Waals surface area (Å²) in [5, 5.41) is 0. The molecule has 0 atom stereocenters. The van der Waals surface area contributed by atoms with E-state index in [0.717, 1.165) is 11.3 Å². The Morgan fingerprint density at radius 3 is 2.65 bits per heavy atom. The molecule has 0 spiro atoms. The molecule has 0 bridgehead atoms. The maximum absolute atomic E-state index is 11.2. The number of rotatable bonds is 5. The second kappa shape index (κ2) is 6.28. The summed E-state index contributed by atoms with van der Waals surface area (Å²) in [5.41, 5.74) is 2.23. The molecule has 0 saturated heterocycles. The van der Waals surface area contributed by atoms with Gasteiger partial charge in [-0.1, -0.05) is 26.0 Å². The lowest BCUT2D eigenvalue weighted by molar-refractivity contribution is -0.145. The van der Waals surface area contributed by atoms with Crippen molar-refractivity contribution in [3.8, 4) is 5.75 Å². The SMILES string of the molecule is CCOC(=O)COc1cc(C(C)C)ccc1C. The average molecular weight is 236 g/mol. The van der Waals surface area contributed by atoms with E-state index in [-0.39, 0.29) is 12.6 Å². The number of esters is 1. The number of benzene rings is 1. The smallest absolute Gasteiger partial charge is 0.344 e. The maximum Gasteiger partial charge on any atom is 0.344 e. The van der Waals surface area contributed by atoms with Crippen molar-refractivity contribution in [1.82, 2.24) is 0 Å². The fraction of sp³-hybridized carbons (Fsp3) is 0.500. The molecule has 0 aromatic heterocycles. The summed E-state index contributed by atoms with van der Waals surface area (Å²) in [7, 11) is 0. The Kier molecular flexibility index (Phi) is 5.01. The van der Waals surface area contributed by atoms with E-state index in [1.165, 1.54) is 5.56 Å². The second-order valence-corrected chi connectivity index (χ2v) is 4.27. The minimum atomic E-state index is -0.332. The third kappa shape index (κ3) is 4.10. The van der Waals surface area contributed by atoms with Crippen molar-refractivity contribution in [1.29, 1.82) is 0 Å². The molecule has 3 nitrogen and oxygen atoms in total. The highest BCUT2D eigenvalue weighted by molar-refractivity contribution is 5.71. The summed E-state index contributed by atoms with van der Waals surface area (Å²) >= 11 is 0. The fourth-order valence-electron chi connectivity index (χ4n) is 1.47. The van der Waals surface area contributed by atoms with Gasteiger partial charge in [0.05, 0.1) is 6.61 Å². The predicted octanol–water partition coefficient (Wildman–Crippen LogP) is 3.06. The topological polar surface area (TPSA) is 35.5 Å². The van der Waals surface area contributed by atoms with Gasteiger partial charge in [-0.25, -0.2) is 4.79 Å². The average Bonchev–Trinajstić information content (AvgIpc) is 2.28. The molecule has 0 N–H and O–H groups in total. The molecule has 0 aliphatic heterocycles. The van der Waals surface area contributed by atoms with Crippen LogP contribution in [0.3, 0.4) is 0 Å². The minimum Gasteiger partial charge on any atom is -0.482 e. The molecular weight excluding hydrogens is 216 g/mol. The number of carbonyl (C=O) groups is 1. The second-order valence-electron chi connectivity index (χ2n) is 4.27. The molecule has 0 radical (unpaired) electrons. The summed E-state index contributed by atoms with van der Waals surface area (Å²) in [5.74, 6) is 0.867. The Hall–Kier alpha value is -1.51. The highest BCUT2D eigenvalue weighted by Gasteiger charge is 2.07. The Labute approximate surface area is 103 Å². The first-order chi connectivity index (χ1) is 8.04. The molecule has 0 fully saturated rings. The van der Waals surface area contributed by atoms with Gasteiger partial charge in [-0.3, -0.25) is 0 Å². The zero-order valence-corrected chi connectivity index (χ0v) is 10.9. The largest absolute Gasteiger partial charge is 0.482 e. The minimum absolute atomic E-state index is 0.0315. The number of hydrogen-bond acceptors (Lipinski definition) is 3. The van der Waals surface area contributed by atoms with Gasteiger partial charge >= 0.3 is 5.97 Å². The van der Waals surface area contributed by atoms with Crippen LogP contribution in [0.4, 0.5) is 0 Å². The lowest BCUT2D eigenvalue weighted by atomic mass is 10.0. The Morgan fingerprint density at radius 1 is 1.35 bits per heavy atom. The van der Waals surface area contributed by atoms with Crippen LogP contribution in [0.1, 0.15) is 37.8 Å². The van der Waals surface area contributed by atoms with Crippen LogP contribution in [0, 0.1) is 6.92 Å². The van der Waals surface area contributed by atoms with Crippen molar-refractivity contribution < 1.29 is 14.3 Å². The van der Waals surface area contributed by atoms with Crippen molar-refractivity contribution in [3.63, 3.8) is 0 Å². The van der Waals surface area contributed by atoms with Gasteiger partial charge in [0.15, 0.2) is 6.61 Å². The molecule has 0 amide bonds. The molecule has 1 aromatic rings. The van der Waals surface area contributed by atoms with Gasteiger partial charge in [-0.15, -0.1) is 0 Å². The highest BCUT2D eigenvalue weighted by Crippen LogP contribution is 2.24. The fourth-order valence-corrected chi connectivity index (χ4v) is 1.47. The van der Waals surface area contributed by atoms with Crippen LogP contribution in [0.2, 0.25) is 0 Å². The first-order valence-corrected chi connectivity index (χ1v) is 5.93. The van der Waals surface area contributed by atoms with E-state index in [1.54, 1.807) is 6.92 Å². The van der Waals surface area contributed by atoms with Gasteiger partial charge in [-0.2, -0.15) is 0 Å². The first kappa shape index (κ1) is 13.6. The van der Waals surface area contributed by atoms with E-state index in [0.29, 0.717) is 12.5 Å². The summed E-state index contributed by atoms with van der Waals surface area (Å²) in [6, 6.07) is 6.08. The van der Waals surface area contributed by atoms with E-state index in [4.69, 9.17) is 9.47 Å². The van der Waals surface area contributed by atoms with Crippen molar-refractivity contribution in [3.05, 3.63) is 29.3 Å². The number of ether oxygens (including phenoxy) is 2. The van der Waals surface area contributed by atoms with Crippen molar-refractivity contribution in [2.75, 3.05) is 13.2 Å². The lowest BCUT2D eigenvalue weighted by Crippen LogP contribution is -2.15. The van der Waals surface area contributed by atoms with Crippen LogP contribution >= 0.6 is 0 Å². The van der Waals surface area contributed by atoms with Crippen LogP contribution in [0.25, 0.3) is 0 Å². The molecule has 0 aliphatic carbocycles. The summed E-state index contributed by atoms with van der Waals surface area (Å²) in [6.07, 6.45) is 0. The third-order valence-electron chi connectivity index (χ3n) is 2.53. The molecule has 0 heterocycles.